The Kier molecular flexibility index (Phi) is 6.19. The number of β-amino-alcohol motifs (C(OH)–C–C–N with tert-alkyl or cyclic N) is 1. The van der Waals surface area contributed by atoms with Crippen molar-refractivity contribution in [3.8, 4) is 0 Å². The van der Waals surface area contributed by atoms with Crippen LogP contribution >= 0.6 is 0 Å². The van der Waals surface area contributed by atoms with Crippen molar-refractivity contribution in [1.29, 1.82) is 0 Å². The van der Waals surface area contributed by atoms with Crippen molar-refractivity contribution in [2.24, 2.45) is 0 Å². The second-order valence-corrected chi connectivity index (χ2v) is 7.05. The molecule has 1 saturated heterocycles. The van der Waals surface area contributed by atoms with Gasteiger partial charge in [0.15, 0.2) is 0 Å². The summed E-state index contributed by atoms with van der Waals surface area (Å²) in [6.07, 6.45) is 2.01. The number of likely N-dealkylation sites (tertiary alicyclic amines) is 1. The number of nitrogens with one attached hydrogen (secondary N) is 1. The summed E-state index contributed by atoms with van der Waals surface area (Å²) in [5, 5.41) is 13.8. The van der Waals surface area contributed by atoms with Crippen LogP contribution in [0.5, 0.6) is 0 Å². The molecular formula is C19H30N2O2. The minimum absolute atomic E-state index is 0.0147. The second kappa shape index (κ2) is 7.93. The van der Waals surface area contributed by atoms with E-state index >= 15 is 0 Å². The van der Waals surface area contributed by atoms with E-state index in [1.54, 1.807) is 4.90 Å². The Morgan fingerprint density at radius 1 is 1.30 bits per heavy atom. The van der Waals surface area contributed by atoms with Gasteiger partial charge in [-0.1, -0.05) is 51.1 Å². The highest BCUT2D eigenvalue weighted by molar-refractivity contribution is 5.78. The van der Waals surface area contributed by atoms with Crippen LogP contribution in [0.15, 0.2) is 30.3 Å². The van der Waals surface area contributed by atoms with E-state index in [0.717, 1.165) is 19.4 Å². The minimum Gasteiger partial charge on any atom is -0.390 e. The Bertz CT molecular complexity index is 501. The summed E-state index contributed by atoms with van der Waals surface area (Å²) in [5.74, 6) is 0.167. The van der Waals surface area contributed by atoms with Gasteiger partial charge in [0.2, 0.25) is 5.91 Å². The van der Waals surface area contributed by atoms with Crippen molar-refractivity contribution < 1.29 is 9.90 Å². The van der Waals surface area contributed by atoms with Crippen LogP contribution in [-0.4, -0.2) is 47.7 Å². The first kappa shape index (κ1) is 18.0. The Morgan fingerprint density at radius 2 is 2.00 bits per heavy atom. The van der Waals surface area contributed by atoms with E-state index in [-0.39, 0.29) is 17.4 Å². The zero-order valence-corrected chi connectivity index (χ0v) is 14.6. The molecule has 0 aliphatic carbocycles. The predicted molar refractivity (Wildman–Crippen MR) is 93.4 cm³/mol. The summed E-state index contributed by atoms with van der Waals surface area (Å²) in [5.41, 5.74) is 1.28. The largest absolute Gasteiger partial charge is 0.390 e. The standard InChI is InChI=1S/C19H30N2O2/c1-4-17(19(2,3)15-9-6-5-7-10-15)20-13-16(22)14-21-12-8-11-18(21)23/h5-7,9-10,16-17,20,22H,4,8,11-14H2,1-3H3. The van der Waals surface area contributed by atoms with Gasteiger partial charge >= 0.3 is 0 Å². The molecular weight excluding hydrogens is 288 g/mol. The number of rotatable bonds is 8. The first-order valence-corrected chi connectivity index (χ1v) is 8.70. The average molecular weight is 318 g/mol. The average Bonchev–Trinajstić information content (AvgIpc) is 2.93. The molecule has 128 valence electrons. The van der Waals surface area contributed by atoms with Crippen molar-refractivity contribution in [1.82, 2.24) is 10.2 Å². The van der Waals surface area contributed by atoms with Crippen molar-refractivity contribution in [2.75, 3.05) is 19.6 Å². The minimum atomic E-state index is -0.516. The van der Waals surface area contributed by atoms with Gasteiger partial charge in [-0.25, -0.2) is 0 Å². The summed E-state index contributed by atoms with van der Waals surface area (Å²) in [6.45, 7) is 8.37. The van der Waals surface area contributed by atoms with Crippen LogP contribution in [0.25, 0.3) is 0 Å². The molecule has 1 aromatic carbocycles. The molecule has 1 aliphatic rings. The smallest absolute Gasteiger partial charge is 0.222 e. The lowest BCUT2D eigenvalue weighted by atomic mass is 9.76. The van der Waals surface area contributed by atoms with Gasteiger partial charge in [-0.2, -0.15) is 0 Å². The van der Waals surface area contributed by atoms with E-state index in [1.807, 2.05) is 6.07 Å². The fourth-order valence-electron chi connectivity index (χ4n) is 3.47. The number of benzene rings is 1. The molecule has 4 heteroatoms. The maximum absolute atomic E-state index is 11.6. The summed E-state index contributed by atoms with van der Waals surface area (Å²) < 4.78 is 0. The van der Waals surface area contributed by atoms with Crippen LogP contribution in [0.2, 0.25) is 0 Å². The van der Waals surface area contributed by atoms with Crippen LogP contribution in [0.4, 0.5) is 0 Å². The quantitative estimate of drug-likeness (QED) is 0.773. The third-order valence-electron chi connectivity index (χ3n) is 5.00. The van der Waals surface area contributed by atoms with Crippen molar-refractivity contribution in [3.63, 3.8) is 0 Å². The van der Waals surface area contributed by atoms with Crippen LogP contribution < -0.4 is 5.32 Å². The Hall–Kier alpha value is -1.39. The zero-order valence-electron chi connectivity index (χ0n) is 14.6. The van der Waals surface area contributed by atoms with Gasteiger partial charge < -0.3 is 15.3 Å². The van der Waals surface area contributed by atoms with Crippen molar-refractivity contribution in [2.45, 2.75) is 57.6 Å². The molecule has 0 bridgehead atoms. The number of amides is 1. The maximum atomic E-state index is 11.6. The molecule has 2 atom stereocenters. The first-order chi connectivity index (χ1) is 10.9. The van der Waals surface area contributed by atoms with Gasteiger partial charge in [-0.3, -0.25) is 4.79 Å². The highest BCUT2D eigenvalue weighted by Crippen LogP contribution is 2.28. The molecule has 0 spiro atoms. The lowest BCUT2D eigenvalue weighted by molar-refractivity contribution is -0.128. The molecule has 23 heavy (non-hydrogen) atoms. The molecule has 1 amide bonds. The van der Waals surface area contributed by atoms with Gasteiger partial charge in [0.05, 0.1) is 6.10 Å². The third-order valence-corrected chi connectivity index (χ3v) is 5.00. The van der Waals surface area contributed by atoms with Crippen molar-refractivity contribution >= 4 is 5.91 Å². The number of carbonyl (C=O) groups is 1. The number of carbonyl (C=O) groups excluding carboxylic acids is 1. The van der Waals surface area contributed by atoms with E-state index in [2.05, 4.69) is 50.4 Å². The maximum Gasteiger partial charge on any atom is 0.222 e. The van der Waals surface area contributed by atoms with E-state index < -0.39 is 6.10 Å². The topological polar surface area (TPSA) is 52.6 Å². The number of hydrogen-bond acceptors (Lipinski definition) is 3. The van der Waals surface area contributed by atoms with Gasteiger partial charge in [0.1, 0.15) is 0 Å². The molecule has 2 N–H and O–H groups in total. The highest BCUT2D eigenvalue weighted by atomic mass is 16.3. The van der Waals surface area contributed by atoms with E-state index in [4.69, 9.17) is 0 Å². The lowest BCUT2D eigenvalue weighted by Gasteiger charge is -2.36. The summed E-state index contributed by atoms with van der Waals surface area (Å²) in [4.78, 5) is 13.4. The number of aliphatic hydroxyl groups excluding tert-OH is 1. The Labute approximate surface area is 139 Å². The lowest BCUT2D eigenvalue weighted by Crippen LogP contribution is -2.48. The fraction of sp³-hybridized carbons (Fsp3) is 0.632. The summed E-state index contributed by atoms with van der Waals surface area (Å²) in [7, 11) is 0. The van der Waals surface area contributed by atoms with Crippen LogP contribution in [0, 0.1) is 0 Å². The number of nitrogens with zero attached hydrogens (tertiary/aromatic N) is 1. The summed E-state index contributed by atoms with van der Waals surface area (Å²) >= 11 is 0. The molecule has 1 heterocycles. The van der Waals surface area contributed by atoms with Gasteiger partial charge in [0.25, 0.3) is 0 Å². The van der Waals surface area contributed by atoms with E-state index in [0.29, 0.717) is 19.5 Å². The molecule has 4 nitrogen and oxygen atoms in total. The molecule has 0 aromatic heterocycles. The van der Waals surface area contributed by atoms with Gasteiger partial charge in [-0.15, -0.1) is 0 Å². The molecule has 1 fully saturated rings. The fourth-order valence-corrected chi connectivity index (χ4v) is 3.47. The second-order valence-electron chi connectivity index (χ2n) is 7.05. The monoisotopic (exact) mass is 318 g/mol. The molecule has 1 aromatic rings. The van der Waals surface area contributed by atoms with Crippen molar-refractivity contribution in [3.05, 3.63) is 35.9 Å². The number of hydrogen-bond donors (Lipinski definition) is 2. The van der Waals surface area contributed by atoms with Crippen LogP contribution in [0.3, 0.4) is 0 Å². The van der Waals surface area contributed by atoms with Gasteiger partial charge in [-0.05, 0) is 18.4 Å². The molecule has 2 rings (SSSR count). The first-order valence-electron chi connectivity index (χ1n) is 8.70. The normalized spacial score (nSPS) is 18.3. The SMILES string of the molecule is CCC(NCC(O)CN1CCCC1=O)C(C)(C)c1ccccc1. The zero-order chi connectivity index (χ0) is 16.9. The summed E-state index contributed by atoms with van der Waals surface area (Å²) in [6, 6.07) is 10.8. The number of aliphatic hydroxyl groups is 1. The van der Waals surface area contributed by atoms with Crippen LogP contribution in [-0.2, 0) is 10.2 Å². The molecule has 0 saturated carbocycles. The van der Waals surface area contributed by atoms with E-state index in [1.165, 1.54) is 5.56 Å². The van der Waals surface area contributed by atoms with E-state index in [9.17, 15) is 9.90 Å². The predicted octanol–water partition coefficient (Wildman–Crippen LogP) is 2.32. The Morgan fingerprint density at radius 3 is 2.57 bits per heavy atom. The molecule has 0 radical (unpaired) electrons. The molecule has 2 unspecified atom stereocenters. The van der Waals surface area contributed by atoms with Gasteiger partial charge in [0, 0.05) is 37.5 Å². The molecule has 1 aliphatic heterocycles. The van der Waals surface area contributed by atoms with Crippen LogP contribution in [0.1, 0.15) is 45.6 Å². The third kappa shape index (κ3) is 4.55. The Balaban J connectivity index is 1.90. The highest BCUT2D eigenvalue weighted by Gasteiger charge is 2.30.